The van der Waals surface area contributed by atoms with Gasteiger partial charge in [0.05, 0.1) is 0 Å². The maximum absolute atomic E-state index is 5.49. The molecule has 0 saturated carbocycles. The van der Waals surface area contributed by atoms with E-state index in [4.69, 9.17) is 11.6 Å². The summed E-state index contributed by atoms with van der Waals surface area (Å²) in [4.78, 5) is 3.87. The van der Waals surface area contributed by atoms with Crippen LogP contribution in [0.25, 0.3) is 0 Å². The second kappa shape index (κ2) is 4.77. The summed E-state index contributed by atoms with van der Waals surface area (Å²) in [6.07, 6.45) is 3.49. The van der Waals surface area contributed by atoms with Crippen molar-refractivity contribution in [1.29, 1.82) is 0 Å². The molecule has 0 bridgehead atoms. The van der Waals surface area contributed by atoms with Crippen molar-refractivity contribution < 1.29 is 0 Å². The highest BCUT2D eigenvalue weighted by Gasteiger charge is 1.82. The van der Waals surface area contributed by atoms with Gasteiger partial charge in [-0.2, -0.15) is 0 Å². The van der Waals surface area contributed by atoms with Crippen molar-refractivity contribution in [1.82, 2.24) is 4.98 Å². The van der Waals surface area contributed by atoms with Crippen LogP contribution in [0.5, 0.6) is 0 Å². The summed E-state index contributed by atoms with van der Waals surface area (Å²) in [6.45, 7) is 0. The van der Waals surface area contributed by atoms with E-state index in [9.17, 15) is 0 Å². The van der Waals surface area contributed by atoms with Gasteiger partial charge in [0.2, 0.25) is 0 Å². The lowest BCUT2D eigenvalue weighted by Crippen LogP contribution is -1.75. The molecular formula is C6H7BrClN. The molecule has 1 heterocycles. The molecule has 50 valence electrons. The second-order valence-electron chi connectivity index (χ2n) is 1.49. The molecule has 1 aromatic heterocycles. The quantitative estimate of drug-likeness (QED) is 0.646. The van der Waals surface area contributed by atoms with Crippen molar-refractivity contribution in [3.05, 3.63) is 30.1 Å². The van der Waals surface area contributed by atoms with Gasteiger partial charge in [-0.25, -0.2) is 0 Å². The van der Waals surface area contributed by atoms with Crippen molar-refractivity contribution >= 4 is 28.6 Å². The van der Waals surface area contributed by atoms with E-state index >= 15 is 0 Å². The zero-order valence-electron chi connectivity index (χ0n) is 4.75. The normalized spacial score (nSPS) is 8.11. The van der Waals surface area contributed by atoms with Gasteiger partial charge < -0.3 is 0 Å². The van der Waals surface area contributed by atoms with Crippen molar-refractivity contribution in [3.8, 4) is 0 Å². The summed E-state index contributed by atoms with van der Waals surface area (Å²) in [5, 5.41) is 0. The van der Waals surface area contributed by atoms with E-state index in [2.05, 4.69) is 4.98 Å². The third-order valence-electron chi connectivity index (χ3n) is 0.877. The van der Waals surface area contributed by atoms with Crippen LogP contribution in [-0.4, -0.2) is 4.98 Å². The van der Waals surface area contributed by atoms with E-state index in [0.29, 0.717) is 5.88 Å². The summed E-state index contributed by atoms with van der Waals surface area (Å²) in [5.41, 5.74) is 1.06. The highest BCUT2D eigenvalue weighted by Crippen LogP contribution is 1.98. The zero-order chi connectivity index (χ0) is 5.82. The predicted octanol–water partition coefficient (Wildman–Crippen LogP) is 2.40. The van der Waals surface area contributed by atoms with Gasteiger partial charge in [0.25, 0.3) is 0 Å². The van der Waals surface area contributed by atoms with Gasteiger partial charge in [-0.05, 0) is 11.6 Å². The number of aromatic nitrogens is 1. The van der Waals surface area contributed by atoms with Crippen LogP contribution in [0, 0.1) is 0 Å². The first kappa shape index (κ1) is 8.92. The van der Waals surface area contributed by atoms with Crippen LogP contribution < -0.4 is 0 Å². The van der Waals surface area contributed by atoms with E-state index in [1.54, 1.807) is 12.4 Å². The molecule has 1 nitrogen and oxygen atoms in total. The van der Waals surface area contributed by atoms with Gasteiger partial charge in [-0.1, -0.05) is 6.07 Å². The summed E-state index contributed by atoms with van der Waals surface area (Å²) in [7, 11) is 0. The van der Waals surface area contributed by atoms with Crippen molar-refractivity contribution in [2.75, 3.05) is 0 Å². The SMILES string of the molecule is Br.ClCc1cccnc1. The van der Waals surface area contributed by atoms with Gasteiger partial charge >= 0.3 is 0 Å². The highest BCUT2D eigenvalue weighted by atomic mass is 79.9. The number of pyridine rings is 1. The van der Waals surface area contributed by atoms with Gasteiger partial charge in [0.15, 0.2) is 0 Å². The first-order chi connectivity index (χ1) is 3.93. The molecular weight excluding hydrogens is 201 g/mol. The molecule has 0 fully saturated rings. The highest BCUT2D eigenvalue weighted by molar-refractivity contribution is 8.93. The maximum atomic E-state index is 5.49. The molecule has 0 radical (unpaired) electrons. The predicted molar refractivity (Wildman–Crippen MR) is 44.1 cm³/mol. The Kier molecular flexibility index (Phi) is 4.72. The maximum Gasteiger partial charge on any atom is 0.0489 e. The lowest BCUT2D eigenvalue weighted by atomic mass is 10.3. The number of alkyl halides is 1. The van der Waals surface area contributed by atoms with Crippen LogP contribution in [0.2, 0.25) is 0 Å². The average Bonchev–Trinajstić information content (AvgIpc) is 1.90. The summed E-state index contributed by atoms with van der Waals surface area (Å²) in [6, 6.07) is 3.82. The first-order valence-corrected chi connectivity index (χ1v) is 2.92. The summed E-state index contributed by atoms with van der Waals surface area (Å²) < 4.78 is 0. The minimum absolute atomic E-state index is 0. The number of nitrogens with zero attached hydrogens (tertiary/aromatic N) is 1. The fourth-order valence-corrected chi connectivity index (χ4v) is 0.635. The van der Waals surface area contributed by atoms with Gasteiger partial charge in [-0.15, -0.1) is 28.6 Å². The van der Waals surface area contributed by atoms with Crippen LogP contribution in [0.4, 0.5) is 0 Å². The minimum Gasteiger partial charge on any atom is -0.264 e. The monoisotopic (exact) mass is 207 g/mol. The molecule has 9 heavy (non-hydrogen) atoms. The Labute approximate surface area is 69.8 Å². The molecule has 0 amide bonds. The Morgan fingerprint density at radius 2 is 2.33 bits per heavy atom. The fourth-order valence-electron chi connectivity index (χ4n) is 0.477. The smallest absolute Gasteiger partial charge is 0.0489 e. The molecule has 3 heteroatoms. The molecule has 0 aliphatic heterocycles. The molecule has 1 rings (SSSR count). The van der Waals surface area contributed by atoms with Crippen LogP contribution in [0.15, 0.2) is 24.5 Å². The van der Waals surface area contributed by atoms with E-state index in [1.807, 2.05) is 12.1 Å². The Morgan fingerprint density at radius 1 is 1.56 bits per heavy atom. The molecule has 0 saturated heterocycles. The Hall–Kier alpha value is -0.0800. The molecule has 0 unspecified atom stereocenters. The topological polar surface area (TPSA) is 12.9 Å². The van der Waals surface area contributed by atoms with E-state index in [1.165, 1.54) is 0 Å². The van der Waals surface area contributed by atoms with Gasteiger partial charge in [0, 0.05) is 18.3 Å². The Bertz CT molecular complexity index is 154. The number of rotatable bonds is 1. The van der Waals surface area contributed by atoms with Crippen LogP contribution in [0.3, 0.4) is 0 Å². The van der Waals surface area contributed by atoms with Crippen molar-refractivity contribution in [2.45, 2.75) is 5.88 Å². The standard InChI is InChI=1S/C6H6ClN.BrH/c7-4-6-2-1-3-8-5-6;/h1-3,5H,4H2;1H. The third kappa shape index (κ3) is 2.82. The third-order valence-corrected chi connectivity index (χ3v) is 1.19. The number of hydrogen-bond donors (Lipinski definition) is 0. The number of halogens is 2. The molecule has 0 aromatic carbocycles. The molecule has 0 N–H and O–H groups in total. The Morgan fingerprint density at radius 3 is 2.67 bits per heavy atom. The van der Waals surface area contributed by atoms with Crippen LogP contribution >= 0.6 is 28.6 Å². The van der Waals surface area contributed by atoms with Crippen molar-refractivity contribution in [2.24, 2.45) is 0 Å². The average molecular weight is 208 g/mol. The summed E-state index contributed by atoms with van der Waals surface area (Å²) in [5.74, 6) is 0.549. The van der Waals surface area contributed by atoms with Crippen molar-refractivity contribution in [3.63, 3.8) is 0 Å². The lowest BCUT2D eigenvalue weighted by molar-refractivity contribution is 1.25. The van der Waals surface area contributed by atoms with Crippen LogP contribution in [-0.2, 0) is 5.88 Å². The fraction of sp³-hybridized carbons (Fsp3) is 0.167. The molecule has 0 atom stereocenters. The summed E-state index contributed by atoms with van der Waals surface area (Å²) >= 11 is 5.49. The van der Waals surface area contributed by atoms with Crippen LogP contribution in [0.1, 0.15) is 5.56 Å². The molecule has 1 aromatic rings. The largest absolute Gasteiger partial charge is 0.264 e. The van der Waals surface area contributed by atoms with E-state index < -0.39 is 0 Å². The van der Waals surface area contributed by atoms with E-state index in [0.717, 1.165) is 5.56 Å². The molecule has 0 aliphatic rings. The van der Waals surface area contributed by atoms with Gasteiger partial charge in [-0.3, -0.25) is 4.98 Å². The second-order valence-corrected chi connectivity index (χ2v) is 1.76. The van der Waals surface area contributed by atoms with Gasteiger partial charge in [0.1, 0.15) is 0 Å². The molecule has 0 spiro atoms. The molecule has 0 aliphatic carbocycles. The number of hydrogen-bond acceptors (Lipinski definition) is 1. The zero-order valence-corrected chi connectivity index (χ0v) is 7.22. The minimum atomic E-state index is 0. The Balaban J connectivity index is 0.000000640. The first-order valence-electron chi connectivity index (χ1n) is 2.38. The lowest BCUT2D eigenvalue weighted by Gasteiger charge is -1.87. The van der Waals surface area contributed by atoms with E-state index in [-0.39, 0.29) is 17.0 Å².